The van der Waals surface area contributed by atoms with Gasteiger partial charge in [0.25, 0.3) is 11.8 Å². The van der Waals surface area contributed by atoms with Gasteiger partial charge in [-0.15, -0.1) is 11.3 Å². The summed E-state index contributed by atoms with van der Waals surface area (Å²) in [5, 5.41) is 18.5. The molecule has 4 heterocycles. The third-order valence-corrected chi connectivity index (χ3v) is 8.51. The zero-order valence-electron chi connectivity index (χ0n) is 24.5. The normalized spacial score (nSPS) is 13.7. The lowest BCUT2D eigenvalue weighted by molar-refractivity contribution is -0.145. The van der Waals surface area contributed by atoms with Crippen molar-refractivity contribution in [3.8, 4) is 23.3 Å². The molecule has 0 fully saturated rings. The van der Waals surface area contributed by atoms with Crippen molar-refractivity contribution in [2.45, 2.75) is 46.2 Å². The van der Waals surface area contributed by atoms with Gasteiger partial charge in [-0.05, 0) is 6.07 Å². The molecule has 44 heavy (non-hydrogen) atoms. The molecule has 3 aromatic rings. The van der Waals surface area contributed by atoms with Crippen molar-refractivity contribution in [3.05, 3.63) is 33.3 Å². The molecule has 2 atom stereocenters. The number of nitrogens with zero attached hydrogens (tertiary/aromatic N) is 3. The van der Waals surface area contributed by atoms with Gasteiger partial charge in [0.2, 0.25) is 5.91 Å². The molecule has 0 radical (unpaired) electrons. The van der Waals surface area contributed by atoms with Gasteiger partial charge in [-0.2, -0.15) is 0 Å². The fraction of sp³-hybridized carbons (Fsp3) is 0.448. The van der Waals surface area contributed by atoms with E-state index >= 15 is 0 Å². The quantitative estimate of drug-likeness (QED) is 0.175. The lowest BCUT2D eigenvalue weighted by atomic mass is 10.0. The summed E-state index contributed by atoms with van der Waals surface area (Å²) in [7, 11) is 2.91. The topological polar surface area (TPSA) is 175 Å². The van der Waals surface area contributed by atoms with Gasteiger partial charge < -0.3 is 34.1 Å². The van der Waals surface area contributed by atoms with E-state index in [4.69, 9.17) is 40.8 Å². The number of methoxy groups -OCH3 is 2. The highest BCUT2D eigenvalue weighted by Crippen LogP contribution is 2.41. The zero-order chi connectivity index (χ0) is 32.1. The molecule has 13 nitrogen and oxygen atoms in total. The van der Waals surface area contributed by atoms with Gasteiger partial charge in [-0.25, -0.2) is 9.97 Å². The van der Waals surface area contributed by atoms with E-state index in [0.29, 0.717) is 38.5 Å². The number of Topliss-reactive ketones (excluding diaryl/α,β-unsaturated/α-hetero) is 1. The summed E-state index contributed by atoms with van der Waals surface area (Å²) in [4.78, 5) is 58.3. The molecule has 0 saturated heterocycles. The van der Waals surface area contributed by atoms with Gasteiger partial charge in [-0.1, -0.05) is 25.4 Å². The molecule has 0 spiro atoms. The first-order chi connectivity index (χ1) is 20.9. The molecule has 0 aromatic carbocycles. The number of thiophene rings is 1. The summed E-state index contributed by atoms with van der Waals surface area (Å²) in [6.45, 7) is 3.71. The molecular formula is C29H32ClN3O10S. The number of hydrogen-bond acceptors (Lipinski definition) is 11. The monoisotopic (exact) mass is 649 g/mol. The third kappa shape index (κ3) is 7.30. The predicted octanol–water partition coefficient (Wildman–Crippen LogP) is 4.46. The number of amides is 1. The first-order valence-corrected chi connectivity index (χ1v) is 14.9. The molecule has 1 amide bonds. The Morgan fingerprint density at radius 2 is 1.61 bits per heavy atom. The molecule has 236 valence electrons. The van der Waals surface area contributed by atoms with Crippen molar-refractivity contribution >= 4 is 56.8 Å². The Bertz CT molecular complexity index is 1590. The van der Waals surface area contributed by atoms with Crippen LogP contribution < -0.4 is 18.9 Å². The number of fused-ring (bicyclic) bond motifs is 2. The number of ether oxygens (including phenoxy) is 4. The Morgan fingerprint density at radius 3 is 2.25 bits per heavy atom. The maximum Gasteiger partial charge on any atom is 0.306 e. The Balaban J connectivity index is 1.37. The van der Waals surface area contributed by atoms with Crippen molar-refractivity contribution < 1.29 is 48.3 Å². The lowest BCUT2D eigenvalue weighted by Gasteiger charge is -2.16. The van der Waals surface area contributed by atoms with Crippen molar-refractivity contribution in [2.24, 2.45) is 11.8 Å². The standard InChI is InChI=1S/C29H32ClN3O10S/c1-14(28(36)37)8-19(34)22-10-17-21(44-22)11-20(40-3)26(31-17)42-6-5-7-43-27-25(41-4)24(30)16-12-33(13-18(16)32-27)23(35)9-15(2)29(38)39/h10-11,14-15H,5-9,12-13H2,1-4H3,(H,36,37)(H,38,39)/t14-,15-/m0/s1. The number of ketones is 1. The first kappa shape index (κ1) is 32.7. The average Bonchev–Trinajstić information content (AvgIpc) is 3.61. The number of pyridine rings is 2. The Kier molecular flexibility index (Phi) is 10.5. The number of rotatable bonds is 15. The number of carbonyl (C=O) groups excluding carboxylic acids is 2. The van der Waals surface area contributed by atoms with Crippen molar-refractivity contribution in [3.63, 3.8) is 0 Å². The zero-order valence-corrected chi connectivity index (χ0v) is 26.1. The second-order valence-electron chi connectivity index (χ2n) is 10.3. The van der Waals surface area contributed by atoms with E-state index in [-0.39, 0.29) is 73.4 Å². The van der Waals surface area contributed by atoms with Crippen molar-refractivity contribution in [2.75, 3.05) is 27.4 Å². The maximum absolute atomic E-state index is 12.6. The molecule has 2 N–H and O–H groups in total. The number of halogens is 1. The predicted molar refractivity (Wildman–Crippen MR) is 159 cm³/mol. The summed E-state index contributed by atoms with van der Waals surface area (Å²) in [6.07, 6.45) is 0.173. The van der Waals surface area contributed by atoms with Crippen LogP contribution in [0.4, 0.5) is 0 Å². The van der Waals surface area contributed by atoms with Gasteiger partial charge in [-0.3, -0.25) is 19.2 Å². The molecular weight excluding hydrogens is 618 g/mol. The Morgan fingerprint density at radius 1 is 0.955 bits per heavy atom. The second-order valence-corrected chi connectivity index (χ2v) is 11.8. The van der Waals surface area contributed by atoms with Crippen molar-refractivity contribution in [1.82, 2.24) is 14.9 Å². The molecule has 1 aliphatic heterocycles. The highest BCUT2D eigenvalue weighted by atomic mass is 35.5. The van der Waals surface area contributed by atoms with Crippen LogP contribution in [0.5, 0.6) is 23.3 Å². The summed E-state index contributed by atoms with van der Waals surface area (Å²) in [5.74, 6) is -3.27. The minimum Gasteiger partial charge on any atom is -0.491 e. The fourth-order valence-electron chi connectivity index (χ4n) is 4.43. The van der Waals surface area contributed by atoms with Crippen LogP contribution in [-0.2, 0) is 27.5 Å². The molecule has 0 aliphatic carbocycles. The minimum atomic E-state index is -1.04. The fourth-order valence-corrected chi connectivity index (χ4v) is 5.73. The van der Waals surface area contributed by atoms with E-state index in [1.165, 1.54) is 44.3 Å². The number of aliphatic carboxylic acids is 2. The third-order valence-electron chi connectivity index (χ3n) is 7.00. The molecule has 4 rings (SSSR count). The van der Waals surface area contributed by atoms with E-state index in [1.807, 2.05) is 0 Å². The molecule has 0 saturated carbocycles. The lowest BCUT2D eigenvalue weighted by Crippen LogP contribution is -2.28. The van der Waals surface area contributed by atoms with Crippen LogP contribution in [0, 0.1) is 11.8 Å². The van der Waals surface area contributed by atoms with Crippen molar-refractivity contribution in [1.29, 1.82) is 0 Å². The van der Waals surface area contributed by atoms with E-state index in [0.717, 1.165) is 0 Å². The second kappa shape index (κ2) is 14.1. The van der Waals surface area contributed by atoms with Crippen LogP contribution in [-0.4, -0.2) is 76.1 Å². The van der Waals surface area contributed by atoms with Gasteiger partial charge in [0.15, 0.2) is 17.3 Å². The first-order valence-electron chi connectivity index (χ1n) is 13.7. The number of carboxylic acids is 2. The van der Waals surface area contributed by atoms with Crippen LogP contribution in [0.25, 0.3) is 10.2 Å². The maximum atomic E-state index is 12.6. The number of aromatic nitrogens is 2. The highest BCUT2D eigenvalue weighted by Gasteiger charge is 2.32. The van der Waals surface area contributed by atoms with E-state index in [2.05, 4.69) is 9.97 Å². The molecule has 15 heteroatoms. The smallest absolute Gasteiger partial charge is 0.306 e. The number of carboxylic acid groups (broad SMARTS) is 2. The van der Waals surface area contributed by atoms with Gasteiger partial charge >= 0.3 is 11.9 Å². The van der Waals surface area contributed by atoms with Crippen LogP contribution in [0.15, 0.2) is 12.1 Å². The van der Waals surface area contributed by atoms with Crippen LogP contribution >= 0.6 is 22.9 Å². The van der Waals surface area contributed by atoms with E-state index in [9.17, 15) is 19.2 Å². The van der Waals surface area contributed by atoms with Gasteiger partial charge in [0.05, 0.1) is 71.6 Å². The van der Waals surface area contributed by atoms with Crippen LogP contribution in [0.2, 0.25) is 5.02 Å². The summed E-state index contributed by atoms with van der Waals surface area (Å²) < 4.78 is 23.3. The summed E-state index contributed by atoms with van der Waals surface area (Å²) in [6, 6.07) is 3.33. The number of hydrogen-bond donors (Lipinski definition) is 2. The highest BCUT2D eigenvalue weighted by molar-refractivity contribution is 7.20. The van der Waals surface area contributed by atoms with E-state index in [1.54, 1.807) is 12.1 Å². The Labute approximate surface area is 261 Å². The van der Waals surface area contributed by atoms with Crippen LogP contribution in [0.1, 0.15) is 54.0 Å². The van der Waals surface area contributed by atoms with Crippen LogP contribution in [0.3, 0.4) is 0 Å². The summed E-state index contributed by atoms with van der Waals surface area (Å²) in [5.41, 5.74) is 1.70. The van der Waals surface area contributed by atoms with Gasteiger partial charge in [0, 0.05) is 37.4 Å². The van der Waals surface area contributed by atoms with E-state index < -0.39 is 23.8 Å². The average molecular weight is 650 g/mol. The SMILES string of the molecule is COc1cc2sc(C(=O)C[C@H](C)C(=O)O)cc2nc1OCCCOc1nc2c(c(Cl)c1OC)CN(C(=O)C[C@H](C)C(=O)O)C2. The number of carbonyl (C=O) groups is 4. The minimum absolute atomic E-state index is 0.111. The summed E-state index contributed by atoms with van der Waals surface area (Å²) >= 11 is 7.79. The molecule has 0 bridgehead atoms. The Hall–Kier alpha value is -4.17. The molecule has 3 aromatic heterocycles. The van der Waals surface area contributed by atoms with Gasteiger partial charge in [0.1, 0.15) is 0 Å². The molecule has 1 aliphatic rings. The molecule has 0 unspecified atom stereocenters. The largest absolute Gasteiger partial charge is 0.491 e.